The summed E-state index contributed by atoms with van der Waals surface area (Å²) in [5, 5.41) is 21.3. The van der Waals surface area contributed by atoms with Gasteiger partial charge in [0.2, 0.25) is 0 Å². The summed E-state index contributed by atoms with van der Waals surface area (Å²) in [5.41, 5.74) is 1.20. The number of phenolic OH excluding ortho intramolecular Hbond substituents is 2. The van der Waals surface area contributed by atoms with Crippen LogP contribution in [0.4, 0.5) is 0 Å². The molecule has 0 radical (unpaired) electrons. The highest BCUT2D eigenvalue weighted by Crippen LogP contribution is 2.36. The van der Waals surface area contributed by atoms with Gasteiger partial charge in [0.05, 0.1) is 5.01 Å². The lowest BCUT2D eigenvalue weighted by atomic mass is 10.1. The molecule has 0 unspecified atom stereocenters. The van der Waals surface area contributed by atoms with Crippen LogP contribution >= 0.6 is 11.3 Å². The molecule has 6 heteroatoms. The van der Waals surface area contributed by atoms with Crippen molar-refractivity contribution in [2.45, 2.75) is 12.8 Å². The number of hydrogen-bond acceptors (Lipinski definition) is 6. The average Bonchev–Trinajstić information content (AvgIpc) is 3.02. The van der Waals surface area contributed by atoms with Gasteiger partial charge in [-0.15, -0.1) is 11.3 Å². The summed E-state index contributed by atoms with van der Waals surface area (Å²) in [7, 11) is 0. The Morgan fingerprint density at radius 1 is 1.04 bits per heavy atom. The minimum Gasteiger partial charge on any atom is -0.506 e. The summed E-state index contributed by atoms with van der Waals surface area (Å²) in [6.07, 6.45) is 1.01. The zero-order valence-corrected chi connectivity index (χ0v) is 13.3. The molecule has 0 amide bonds. The van der Waals surface area contributed by atoms with Crippen molar-refractivity contribution in [1.82, 2.24) is 4.98 Å². The Hall–Kier alpha value is -2.86. The molecular formula is C18H13NO4S. The molecule has 0 saturated heterocycles. The zero-order chi connectivity index (χ0) is 16.7. The topological polar surface area (TPSA) is 83.6 Å². The van der Waals surface area contributed by atoms with Crippen molar-refractivity contribution >= 4 is 32.5 Å². The van der Waals surface area contributed by atoms with Crippen molar-refractivity contribution in [2.75, 3.05) is 0 Å². The number of aromatic hydroxyl groups is 2. The van der Waals surface area contributed by atoms with Crippen LogP contribution in [0.15, 0.2) is 51.7 Å². The van der Waals surface area contributed by atoms with Crippen LogP contribution in [0.3, 0.4) is 0 Å². The van der Waals surface area contributed by atoms with Crippen molar-refractivity contribution in [3.05, 3.63) is 63.5 Å². The summed E-state index contributed by atoms with van der Waals surface area (Å²) in [5.74, 6) is 0.132. The summed E-state index contributed by atoms with van der Waals surface area (Å²) >= 11 is 1.31. The minimum atomic E-state index is -0.347. The first kappa shape index (κ1) is 14.7. The molecule has 2 aromatic heterocycles. The van der Waals surface area contributed by atoms with Crippen molar-refractivity contribution < 1.29 is 14.6 Å². The molecule has 0 fully saturated rings. The van der Waals surface area contributed by atoms with Gasteiger partial charge in [-0.3, -0.25) is 0 Å². The fourth-order valence-electron chi connectivity index (χ4n) is 2.65. The number of aromatic nitrogens is 1. The lowest BCUT2D eigenvalue weighted by Crippen LogP contribution is -2.08. The van der Waals surface area contributed by atoms with Gasteiger partial charge in [0, 0.05) is 17.4 Å². The van der Waals surface area contributed by atoms with Crippen LogP contribution in [-0.2, 0) is 12.8 Å². The molecule has 0 aliphatic heterocycles. The molecule has 0 saturated carbocycles. The third-order valence-electron chi connectivity index (χ3n) is 3.87. The Morgan fingerprint density at radius 2 is 1.83 bits per heavy atom. The summed E-state index contributed by atoms with van der Waals surface area (Å²) in [4.78, 5) is 16.4. The van der Waals surface area contributed by atoms with E-state index >= 15 is 0 Å². The second kappa shape index (κ2) is 5.65. The highest BCUT2D eigenvalue weighted by atomic mass is 32.1. The van der Waals surface area contributed by atoms with Gasteiger partial charge in [0.25, 0.3) is 0 Å². The van der Waals surface area contributed by atoms with Gasteiger partial charge in [-0.1, -0.05) is 18.2 Å². The summed E-state index contributed by atoms with van der Waals surface area (Å²) in [6.45, 7) is 0. The molecule has 0 aliphatic carbocycles. The number of aryl methyl sites for hydroxylation is 2. The first-order chi connectivity index (χ1) is 11.6. The number of hydrogen-bond donors (Lipinski definition) is 2. The molecular weight excluding hydrogens is 326 g/mol. The van der Waals surface area contributed by atoms with Crippen LogP contribution in [-0.4, -0.2) is 15.2 Å². The van der Waals surface area contributed by atoms with Gasteiger partial charge in [0.1, 0.15) is 27.3 Å². The van der Waals surface area contributed by atoms with E-state index in [0.29, 0.717) is 34.2 Å². The number of nitrogens with zero attached hydrogens (tertiary/aromatic N) is 1. The normalized spacial score (nSPS) is 11.3. The smallest absolute Gasteiger partial charge is 0.339 e. The highest BCUT2D eigenvalue weighted by molar-refractivity contribution is 7.19. The monoisotopic (exact) mass is 339 g/mol. The maximum absolute atomic E-state index is 12.1. The largest absolute Gasteiger partial charge is 0.506 e. The predicted octanol–water partition coefficient (Wildman–Crippen LogP) is 3.60. The third kappa shape index (κ3) is 2.51. The number of rotatable bonds is 3. The molecule has 0 atom stereocenters. The van der Waals surface area contributed by atoms with Gasteiger partial charge >= 0.3 is 5.63 Å². The quantitative estimate of drug-likeness (QED) is 0.440. The van der Waals surface area contributed by atoms with Gasteiger partial charge < -0.3 is 14.6 Å². The number of phenols is 2. The van der Waals surface area contributed by atoms with Gasteiger partial charge in [-0.05, 0) is 30.7 Å². The fraction of sp³-hybridized carbons (Fsp3) is 0.111. The van der Waals surface area contributed by atoms with Gasteiger partial charge in [0.15, 0.2) is 0 Å². The van der Waals surface area contributed by atoms with E-state index in [-0.39, 0.29) is 17.1 Å². The van der Waals surface area contributed by atoms with Crippen LogP contribution in [0.5, 0.6) is 11.5 Å². The Morgan fingerprint density at radius 3 is 2.67 bits per heavy atom. The van der Waals surface area contributed by atoms with Crippen LogP contribution in [0.1, 0.15) is 10.6 Å². The third-order valence-corrected chi connectivity index (χ3v) is 5.01. The van der Waals surface area contributed by atoms with E-state index in [0.717, 1.165) is 10.4 Å². The van der Waals surface area contributed by atoms with Gasteiger partial charge in [-0.2, -0.15) is 0 Å². The molecule has 0 bridgehead atoms. The van der Waals surface area contributed by atoms with E-state index in [9.17, 15) is 15.0 Å². The van der Waals surface area contributed by atoms with Crippen LogP contribution < -0.4 is 5.63 Å². The molecule has 2 N–H and O–H groups in total. The van der Waals surface area contributed by atoms with Crippen LogP contribution in [0.2, 0.25) is 0 Å². The number of benzene rings is 2. The molecule has 2 heterocycles. The Balaban J connectivity index is 1.65. The minimum absolute atomic E-state index is 0.0375. The van der Waals surface area contributed by atoms with Crippen molar-refractivity contribution in [1.29, 1.82) is 0 Å². The molecule has 0 spiro atoms. The van der Waals surface area contributed by atoms with Crippen molar-refractivity contribution in [2.24, 2.45) is 0 Å². The second-order valence-corrected chi connectivity index (χ2v) is 6.57. The van der Waals surface area contributed by atoms with E-state index in [1.165, 1.54) is 23.5 Å². The first-order valence-corrected chi connectivity index (χ1v) is 8.25. The summed E-state index contributed by atoms with van der Waals surface area (Å²) in [6, 6.07) is 12.1. The van der Waals surface area contributed by atoms with E-state index < -0.39 is 0 Å². The van der Waals surface area contributed by atoms with E-state index in [1.807, 2.05) is 24.3 Å². The maximum Gasteiger partial charge on any atom is 0.339 e. The lowest BCUT2D eigenvalue weighted by Gasteiger charge is -2.00. The fourth-order valence-corrected chi connectivity index (χ4v) is 3.65. The standard InChI is InChI=1S/C18H13NO4S/c20-12-6-7-13(21)17-16(12)19-15(24-17)8-5-11-9-10-3-1-2-4-14(10)23-18(11)22/h1-4,6-7,9,20-21H,5,8H2. The predicted molar refractivity (Wildman–Crippen MR) is 92.8 cm³/mol. The van der Waals surface area contributed by atoms with E-state index in [4.69, 9.17) is 4.42 Å². The molecule has 120 valence electrons. The van der Waals surface area contributed by atoms with Crippen LogP contribution in [0.25, 0.3) is 21.2 Å². The van der Waals surface area contributed by atoms with E-state index in [2.05, 4.69) is 4.98 Å². The summed E-state index contributed by atoms with van der Waals surface area (Å²) < 4.78 is 5.88. The molecule has 4 rings (SSSR count). The first-order valence-electron chi connectivity index (χ1n) is 7.44. The SMILES string of the molecule is O=c1oc2ccccc2cc1CCc1nc2c(O)ccc(O)c2s1. The molecule has 5 nitrogen and oxygen atoms in total. The maximum atomic E-state index is 12.1. The Bertz CT molecular complexity index is 1070. The Labute approximate surface area is 140 Å². The number of fused-ring (bicyclic) bond motifs is 2. The molecule has 2 aromatic carbocycles. The lowest BCUT2D eigenvalue weighted by molar-refractivity contribution is 0.469. The van der Waals surface area contributed by atoms with Gasteiger partial charge in [-0.25, -0.2) is 9.78 Å². The molecule has 24 heavy (non-hydrogen) atoms. The highest BCUT2D eigenvalue weighted by Gasteiger charge is 2.13. The second-order valence-electron chi connectivity index (χ2n) is 5.49. The number of thiazole rings is 1. The van der Waals surface area contributed by atoms with Crippen molar-refractivity contribution in [3.63, 3.8) is 0 Å². The molecule has 4 aromatic rings. The average molecular weight is 339 g/mol. The van der Waals surface area contributed by atoms with E-state index in [1.54, 1.807) is 6.07 Å². The molecule has 0 aliphatic rings. The Kier molecular flexibility index (Phi) is 3.46. The zero-order valence-electron chi connectivity index (χ0n) is 12.5. The number of para-hydroxylation sites is 1. The van der Waals surface area contributed by atoms with Crippen molar-refractivity contribution in [3.8, 4) is 11.5 Å². The van der Waals surface area contributed by atoms with Crippen LogP contribution in [0, 0.1) is 0 Å².